The summed E-state index contributed by atoms with van der Waals surface area (Å²) in [5.41, 5.74) is 0.454. The van der Waals surface area contributed by atoms with Crippen molar-refractivity contribution in [2.24, 2.45) is 0 Å². The Kier molecular flexibility index (Phi) is 3.88. The Bertz CT molecular complexity index is 554. The molecule has 0 saturated heterocycles. The van der Waals surface area contributed by atoms with E-state index in [0.29, 0.717) is 28.9 Å². The quantitative estimate of drug-likeness (QED) is 0.795. The van der Waals surface area contributed by atoms with Crippen LogP contribution in [0.25, 0.3) is 0 Å². The lowest BCUT2D eigenvalue weighted by molar-refractivity contribution is 0.0526. The Morgan fingerprint density at radius 2 is 2.28 bits per heavy atom. The maximum Gasteiger partial charge on any atom is 0.338 e. The van der Waals surface area contributed by atoms with Crippen LogP contribution in [-0.2, 0) is 4.74 Å². The number of rotatable bonds is 4. The topological polar surface area (TPSA) is 61.3 Å². The first-order valence-electron chi connectivity index (χ1n) is 5.44. The highest BCUT2D eigenvalue weighted by atomic mass is 32.1. The number of benzene rings is 1. The number of carbonyl (C=O) groups excluding carboxylic acids is 1. The number of ether oxygens (including phenoxy) is 2. The highest BCUT2D eigenvalue weighted by Crippen LogP contribution is 2.23. The van der Waals surface area contributed by atoms with Crippen LogP contribution < -0.4 is 4.74 Å². The first-order chi connectivity index (χ1) is 8.69. The Labute approximate surface area is 109 Å². The van der Waals surface area contributed by atoms with Crippen LogP contribution >= 0.6 is 11.5 Å². The van der Waals surface area contributed by atoms with E-state index in [2.05, 4.69) is 9.36 Å². The van der Waals surface area contributed by atoms with E-state index < -0.39 is 0 Å². The Hall–Kier alpha value is -1.95. The van der Waals surface area contributed by atoms with Gasteiger partial charge in [-0.15, -0.1) is 0 Å². The van der Waals surface area contributed by atoms with Gasteiger partial charge in [-0.3, -0.25) is 0 Å². The smallest absolute Gasteiger partial charge is 0.338 e. The second-order valence-electron chi connectivity index (χ2n) is 3.46. The van der Waals surface area contributed by atoms with E-state index in [4.69, 9.17) is 9.47 Å². The second kappa shape index (κ2) is 5.59. The molecule has 0 saturated carbocycles. The summed E-state index contributed by atoms with van der Waals surface area (Å²) >= 11 is 1.17. The lowest BCUT2D eigenvalue weighted by Gasteiger charge is -2.04. The molecule has 0 unspecified atom stereocenters. The molecular formula is C12H12N2O3S. The number of hydrogen-bond donors (Lipinski definition) is 0. The minimum atomic E-state index is -0.364. The van der Waals surface area contributed by atoms with Crippen molar-refractivity contribution in [3.05, 3.63) is 35.7 Å². The maximum atomic E-state index is 11.6. The summed E-state index contributed by atoms with van der Waals surface area (Å²) in [6.07, 6.45) is 0. The molecule has 1 aromatic carbocycles. The largest absolute Gasteiger partial charge is 0.462 e. The van der Waals surface area contributed by atoms with Crippen molar-refractivity contribution < 1.29 is 14.3 Å². The minimum absolute atomic E-state index is 0.347. The van der Waals surface area contributed by atoms with E-state index >= 15 is 0 Å². The van der Waals surface area contributed by atoms with E-state index in [0.717, 1.165) is 0 Å². The normalized spacial score (nSPS) is 10.1. The van der Waals surface area contributed by atoms with Gasteiger partial charge in [0.15, 0.2) is 0 Å². The molecule has 0 N–H and O–H groups in total. The van der Waals surface area contributed by atoms with Crippen molar-refractivity contribution in [2.45, 2.75) is 13.8 Å². The van der Waals surface area contributed by atoms with Crippen molar-refractivity contribution in [1.82, 2.24) is 9.36 Å². The summed E-state index contributed by atoms with van der Waals surface area (Å²) in [5, 5.41) is 0.452. The van der Waals surface area contributed by atoms with E-state index in [1.165, 1.54) is 11.5 Å². The number of aryl methyl sites for hydroxylation is 1. The van der Waals surface area contributed by atoms with Crippen LogP contribution in [0.3, 0.4) is 0 Å². The number of hydrogen-bond acceptors (Lipinski definition) is 6. The van der Waals surface area contributed by atoms with Gasteiger partial charge in [0.1, 0.15) is 11.6 Å². The molecule has 1 heterocycles. The third kappa shape index (κ3) is 3.04. The number of aromatic nitrogens is 2. The van der Waals surface area contributed by atoms with Crippen molar-refractivity contribution >= 4 is 17.5 Å². The van der Waals surface area contributed by atoms with Gasteiger partial charge in [-0.05, 0) is 32.0 Å². The van der Waals surface area contributed by atoms with Crippen LogP contribution in [0.15, 0.2) is 24.3 Å². The molecule has 0 amide bonds. The van der Waals surface area contributed by atoms with E-state index in [1.54, 1.807) is 38.1 Å². The molecule has 2 rings (SSSR count). The molecule has 0 bridgehead atoms. The van der Waals surface area contributed by atoms with Gasteiger partial charge in [-0.1, -0.05) is 6.07 Å². The molecule has 1 aromatic heterocycles. The molecule has 0 aliphatic carbocycles. The second-order valence-corrected chi connectivity index (χ2v) is 4.17. The fraction of sp³-hybridized carbons (Fsp3) is 0.250. The summed E-state index contributed by atoms with van der Waals surface area (Å²) in [6.45, 7) is 3.90. The van der Waals surface area contributed by atoms with Crippen LogP contribution in [-0.4, -0.2) is 21.9 Å². The van der Waals surface area contributed by atoms with E-state index in [-0.39, 0.29) is 5.97 Å². The lowest BCUT2D eigenvalue weighted by Crippen LogP contribution is -2.04. The molecule has 0 fully saturated rings. The third-order valence-electron chi connectivity index (χ3n) is 2.06. The molecule has 5 nitrogen and oxygen atoms in total. The number of nitrogens with zero attached hydrogens (tertiary/aromatic N) is 2. The van der Waals surface area contributed by atoms with Gasteiger partial charge < -0.3 is 9.47 Å². The van der Waals surface area contributed by atoms with Gasteiger partial charge in [0, 0.05) is 11.5 Å². The summed E-state index contributed by atoms with van der Waals surface area (Å²) in [5.74, 6) is 0.838. The SMILES string of the molecule is CCOC(=O)c1cccc(Oc2nc(C)ns2)c1. The lowest BCUT2D eigenvalue weighted by atomic mass is 10.2. The van der Waals surface area contributed by atoms with Gasteiger partial charge in [0.05, 0.1) is 12.2 Å². The van der Waals surface area contributed by atoms with Gasteiger partial charge >= 0.3 is 5.97 Å². The molecule has 6 heteroatoms. The van der Waals surface area contributed by atoms with E-state index in [1.807, 2.05) is 0 Å². The molecule has 18 heavy (non-hydrogen) atoms. The first-order valence-corrected chi connectivity index (χ1v) is 6.21. The fourth-order valence-corrected chi connectivity index (χ4v) is 1.88. The zero-order chi connectivity index (χ0) is 13.0. The van der Waals surface area contributed by atoms with Gasteiger partial charge in [-0.2, -0.15) is 9.36 Å². The van der Waals surface area contributed by atoms with Gasteiger partial charge in [0.25, 0.3) is 5.19 Å². The van der Waals surface area contributed by atoms with Gasteiger partial charge in [-0.25, -0.2) is 4.79 Å². The number of esters is 1. The highest BCUT2D eigenvalue weighted by molar-refractivity contribution is 7.07. The molecule has 0 spiro atoms. The van der Waals surface area contributed by atoms with Crippen LogP contribution in [0.4, 0.5) is 0 Å². The minimum Gasteiger partial charge on any atom is -0.462 e. The third-order valence-corrected chi connectivity index (χ3v) is 2.75. The van der Waals surface area contributed by atoms with Crippen LogP contribution in [0.2, 0.25) is 0 Å². The van der Waals surface area contributed by atoms with Crippen molar-refractivity contribution in [2.75, 3.05) is 6.61 Å². The van der Waals surface area contributed by atoms with E-state index in [9.17, 15) is 4.79 Å². The Morgan fingerprint density at radius 1 is 1.44 bits per heavy atom. The number of carbonyl (C=O) groups is 1. The van der Waals surface area contributed by atoms with Crippen LogP contribution in [0.5, 0.6) is 10.9 Å². The molecule has 0 aliphatic rings. The molecular weight excluding hydrogens is 252 g/mol. The van der Waals surface area contributed by atoms with Gasteiger partial charge in [0.2, 0.25) is 0 Å². The predicted octanol–water partition coefficient (Wildman–Crippen LogP) is 2.82. The standard InChI is InChI=1S/C12H12N2O3S/c1-3-16-11(15)9-5-4-6-10(7-9)17-12-13-8(2)14-18-12/h4-7H,3H2,1-2H3. The first kappa shape index (κ1) is 12.5. The molecule has 94 valence electrons. The Morgan fingerprint density at radius 3 is 2.94 bits per heavy atom. The zero-order valence-corrected chi connectivity index (χ0v) is 10.9. The zero-order valence-electron chi connectivity index (χ0n) is 10.0. The Balaban J connectivity index is 2.14. The highest BCUT2D eigenvalue weighted by Gasteiger charge is 2.09. The maximum absolute atomic E-state index is 11.6. The molecule has 2 aromatic rings. The van der Waals surface area contributed by atoms with Crippen molar-refractivity contribution in [1.29, 1.82) is 0 Å². The average molecular weight is 264 g/mol. The summed E-state index contributed by atoms with van der Waals surface area (Å²) < 4.78 is 14.4. The summed E-state index contributed by atoms with van der Waals surface area (Å²) in [6, 6.07) is 6.78. The molecule has 0 aliphatic heterocycles. The molecule has 0 atom stereocenters. The summed E-state index contributed by atoms with van der Waals surface area (Å²) in [4.78, 5) is 15.6. The van der Waals surface area contributed by atoms with Crippen LogP contribution in [0.1, 0.15) is 23.1 Å². The summed E-state index contributed by atoms with van der Waals surface area (Å²) in [7, 11) is 0. The fourth-order valence-electron chi connectivity index (χ4n) is 1.32. The van der Waals surface area contributed by atoms with Crippen molar-refractivity contribution in [3.8, 4) is 10.9 Å². The van der Waals surface area contributed by atoms with Crippen molar-refractivity contribution in [3.63, 3.8) is 0 Å². The predicted molar refractivity (Wildman–Crippen MR) is 67.1 cm³/mol. The van der Waals surface area contributed by atoms with Crippen LogP contribution in [0, 0.1) is 6.92 Å². The molecule has 0 radical (unpaired) electrons. The monoisotopic (exact) mass is 264 g/mol. The average Bonchev–Trinajstić information content (AvgIpc) is 2.75.